The normalized spacial score (nSPS) is 10.1. The van der Waals surface area contributed by atoms with Crippen molar-refractivity contribution in [2.24, 2.45) is 0 Å². The van der Waals surface area contributed by atoms with E-state index in [4.69, 9.17) is 17.0 Å². The number of hydrogen-bond acceptors (Lipinski definition) is 2. The van der Waals surface area contributed by atoms with Gasteiger partial charge in [-0.1, -0.05) is 34.1 Å². The Morgan fingerprint density at radius 2 is 2.11 bits per heavy atom. The zero-order chi connectivity index (χ0) is 13.2. The second kappa shape index (κ2) is 9.30. The van der Waals surface area contributed by atoms with E-state index in [0.717, 1.165) is 37.2 Å². The molecule has 1 aromatic carbocycles. The molecule has 0 aromatic heterocycles. The zero-order valence-corrected chi connectivity index (χ0v) is 12.9. The summed E-state index contributed by atoms with van der Waals surface area (Å²) in [5.74, 6) is 0. The summed E-state index contributed by atoms with van der Waals surface area (Å²) in [4.78, 5) is 0. The fourth-order valence-electron chi connectivity index (χ4n) is 1.40. The summed E-state index contributed by atoms with van der Waals surface area (Å²) >= 11 is 8.70. The summed E-state index contributed by atoms with van der Waals surface area (Å²) < 4.78 is 6.34. The summed E-state index contributed by atoms with van der Waals surface area (Å²) in [6, 6.07) is 8.10. The predicted octanol–water partition coefficient (Wildman–Crippen LogP) is 2.84. The zero-order valence-electron chi connectivity index (χ0n) is 10.5. The van der Waals surface area contributed by atoms with Crippen molar-refractivity contribution < 1.29 is 4.74 Å². The van der Waals surface area contributed by atoms with Crippen LogP contribution < -0.4 is 10.6 Å². The first-order valence-corrected chi connectivity index (χ1v) is 7.27. The van der Waals surface area contributed by atoms with Crippen molar-refractivity contribution in [1.29, 1.82) is 0 Å². The highest BCUT2D eigenvalue weighted by atomic mass is 79.9. The Hall–Kier alpha value is -0.650. The number of halogens is 1. The van der Waals surface area contributed by atoms with Crippen LogP contribution in [0, 0.1) is 0 Å². The average molecular weight is 331 g/mol. The molecule has 0 amide bonds. The number of ether oxygens (including phenoxy) is 1. The largest absolute Gasteiger partial charge is 0.382 e. The number of thiocarbonyl (C=S) groups is 1. The van der Waals surface area contributed by atoms with Crippen molar-refractivity contribution >= 4 is 33.3 Å². The third-order valence-corrected chi connectivity index (χ3v) is 3.41. The molecule has 0 atom stereocenters. The number of rotatable bonds is 7. The molecule has 1 aromatic rings. The van der Waals surface area contributed by atoms with Crippen LogP contribution in [0.5, 0.6) is 0 Å². The fourth-order valence-corrected chi connectivity index (χ4v) is 2.00. The van der Waals surface area contributed by atoms with Crippen LogP contribution in [0.4, 0.5) is 0 Å². The lowest BCUT2D eigenvalue weighted by Crippen LogP contribution is -2.35. The van der Waals surface area contributed by atoms with E-state index in [9.17, 15) is 0 Å². The molecule has 3 nitrogen and oxygen atoms in total. The van der Waals surface area contributed by atoms with Gasteiger partial charge in [0.05, 0.1) is 0 Å². The molecule has 2 N–H and O–H groups in total. The number of nitrogens with one attached hydrogen (secondary N) is 2. The molecule has 18 heavy (non-hydrogen) atoms. The molecule has 0 spiro atoms. The molecule has 0 aliphatic rings. The van der Waals surface area contributed by atoms with Gasteiger partial charge in [-0.15, -0.1) is 0 Å². The van der Waals surface area contributed by atoms with Gasteiger partial charge in [0.15, 0.2) is 5.11 Å². The van der Waals surface area contributed by atoms with Crippen molar-refractivity contribution in [3.8, 4) is 0 Å². The first kappa shape index (κ1) is 15.4. The van der Waals surface area contributed by atoms with Gasteiger partial charge in [-0.2, -0.15) is 0 Å². The van der Waals surface area contributed by atoms with E-state index in [1.54, 1.807) is 0 Å². The van der Waals surface area contributed by atoms with Crippen LogP contribution in [0.25, 0.3) is 0 Å². The van der Waals surface area contributed by atoms with E-state index < -0.39 is 0 Å². The molecular formula is C13H19BrN2OS. The van der Waals surface area contributed by atoms with E-state index >= 15 is 0 Å². The Kier molecular flexibility index (Phi) is 7.96. The van der Waals surface area contributed by atoms with Crippen LogP contribution >= 0.6 is 28.1 Å². The molecule has 0 aliphatic carbocycles. The van der Waals surface area contributed by atoms with Crippen LogP contribution in [0.15, 0.2) is 28.7 Å². The molecule has 0 unspecified atom stereocenters. The van der Waals surface area contributed by atoms with Gasteiger partial charge in [-0.3, -0.25) is 0 Å². The minimum absolute atomic E-state index is 0.683. The highest BCUT2D eigenvalue weighted by Gasteiger charge is 1.99. The Labute approximate surface area is 122 Å². The summed E-state index contributed by atoms with van der Waals surface area (Å²) in [7, 11) is 0. The lowest BCUT2D eigenvalue weighted by atomic mass is 10.2. The highest BCUT2D eigenvalue weighted by Crippen LogP contribution is 2.15. The van der Waals surface area contributed by atoms with E-state index in [1.165, 1.54) is 5.56 Å². The molecule has 0 bridgehead atoms. The van der Waals surface area contributed by atoms with Crippen LogP contribution in [0.2, 0.25) is 0 Å². The molecule has 100 valence electrons. The molecule has 1 rings (SSSR count). The molecule has 0 aliphatic heterocycles. The van der Waals surface area contributed by atoms with Gasteiger partial charge in [0, 0.05) is 30.8 Å². The van der Waals surface area contributed by atoms with Gasteiger partial charge in [0.1, 0.15) is 0 Å². The van der Waals surface area contributed by atoms with Crippen LogP contribution in [0.3, 0.4) is 0 Å². The Balaban J connectivity index is 2.15. The topological polar surface area (TPSA) is 33.3 Å². The van der Waals surface area contributed by atoms with Gasteiger partial charge in [0.2, 0.25) is 0 Å². The standard InChI is InChI=1S/C13H19BrN2OS/c1-2-17-9-5-8-15-13(18)16-10-11-6-3-4-7-12(11)14/h3-4,6-7H,2,5,8-10H2,1H3,(H2,15,16,18). The van der Waals surface area contributed by atoms with Crippen molar-refractivity contribution in [2.75, 3.05) is 19.8 Å². The predicted molar refractivity (Wildman–Crippen MR) is 82.7 cm³/mol. The van der Waals surface area contributed by atoms with E-state index in [-0.39, 0.29) is 0 Å². The van der Waals surface area contributed by atoms with Gasteiger partial charge in [-0.25, -0.2) is 0 Å². The SMILES string of the molecule is CCOCCCNC(=S)NCc1ccccc1Br. The van der Waals surface area contributed by atoms with Gasteiger partial charge < -0.3 is 15.4 Å². The molecule has 0 heterocycles. The highest BCUT2D eigenvalue weighted by molar-refractivity contribution is 9.10. The number of hydrogen-bond donors (Lipinski definition) is 2. The number of benzene rings is 1. The van der Waals surface area contributed by atoms with Crippen molar-refractivity contribution in [1.82, 2.24) is 10.6 Å². The molecular weight excluding hydrogens is 312 g/mol. The second-order valence-electron chi connectivity index (χ2n) is 3.75. The minimum Gasteiger partial charge on any atom is -0.382 e. The minimum atomic E-state index is 0.683. The van der Waals surface area contributed by atoms with Crippen LogP contribution in [-0.2, 0) is 11.3 Å². The summed E-state index contributed by atoms with van der Waals surface area (Å²) in [6.45, 7) is 5.10. The maximum atomic E-state index is 5.25. The van der Waals surface area contributed by atoms with Gasteiger partial charge in [0.25, 0.3) is 0 Å². The first-order chi connectivity index (χ1) is 8.74. The lowest BCUT2D eigenvalue weighted by molar-refractivity contribution is 0.145. The lowest BCUT2D eigenvalue weighted by Gasteiger charge is -2.11. The van der Waals surface area contributed by atoms with E-state index in [1.807, 2.05) is 25.1 Å². The average Bonchev–Trinajstić information content (AvgIpc) is 2.37. The van der Waals surface area contributed by atoms with Crippen LogP contribution in [0.1, 0.15) is 18.9 Å². The molecule has 5 heteroatoms. The van der Waals surface area contributed by atoms with Crippen LogP contribution in [-0.4, -0.2) is 24.9 Å². The summed E-state index contributed by atoms with van der Waals surface area (Å²) in [5.41, 5.74) is 1.19. The Morgan fingerprint density at radius 3 is 2.83 bits per heavy atom. The summed E-state index contributed by atoms with van der Waals surface area (Å²) in [6.07, 6.45) is 0.963. The van der Waals surface area contributed by atoms with Gasteiger partial charge in [-0.05, 0) is 37.2 Å². The third kappa shape index (κ3) is 6.33. The van der Waals surface area contributed by atoms with E-state index in [0.29, 0.717) is 5.11 Å². The fraction of sp³-hybridized carbons (Fsp3) is 0.462. The third-order valence-electron chi connectivity index (χ3n) is 2.35. The smallest absolute Gasteiger partial charge is 0.166 e. The Bertz CT molecular complexity index is 374. The molecule has 0 fully saturated rings. The molecule has 0 saturated carbocycles. The van der Waals surface area contributed by atoms with Crippen molar-refractivity contribution in [2.45, 2.75) is 19.9 Å². The Morgan fingerprint density at radius 1 is 1.33 bits per heavy atom. The monoisotopic (exact) mass is 330 g/mol. The molecule has 0 radical (unpaired) electrons. The summed E-state index contributed by atoms with van der Waals surface area (Å²) in [5, 5.41) is 7.02. The van der Waals surface area contributed by atoms with Crippen molar-refractivity contribution in [3.63, 3.8) is 0 Å². The van der Waals surface area contributed by atoms with Gasteiger partial charge >= 0.3 is 0 Å². The maximum Gasteiger partial charge on any atom is 0.166 e. The van der Waals surface area contributed by atoms with E-state index in [2.05, 4.69) is 32.6 Å². The maximum absolute atomic E-state index is 5.25. The quantitative estimate of drug-likeness (QED) is 0.595. The molecule has 0 saturated heterocycles. The second-order valence-corrected chi connectivity index (χ2v) is 5.01. The van der Waals surface area contributed by atoms with Crippen molar-refractivity contribution in [3.05, 3.63) is 34.3 Å². The first-order valence-electron chi connectivity index (χ1n) is 6.07.